The summed E-state index contributed by atoms with van der Waals surface area (Å²) in [5.41, 5.74) is -0.0128. The first-order valence-electron chi connectivity index (χ1n) is 6.70. The van der Waals surface area contributed by atoms with Crippen molar-refractivity contribution >= 4 is 29.3 Å². The number of carboxylic acid groups (broad SMARTS) is 1. The molecule has 3 N–H and O–H groups in total. The number of urea groups is 1. The Hall–Kier alpha value is -1.82. The molecule has 0 spiro atoms. The van der Waals surface area contributed by atoms with Gasteiger partial charge in [0.25, 0.3) is 0 Å². The second-order valence-corrected chi connectivity index (χ2v) is 5.48. The number of hydrogen-bond acceptors (Lipinski definition) is 2. The molecule has 2 amide bonds. The second-order valence-electron chi connectivity index (χ2n) is 5.07. The zero-order valence-corrected chi connectivity index (χ0v) is 12.0. The van der Waals surface area contributed by atoms with E-state index in [0.717, 1.165) is 12.8 Å². The second kappa shape index (κ2) is 6.76. The van der Waals surface area contributed by atoms with E-state index in [1.54, 1.807) is 0 Å². The Morgan fingerprint density at radius 3 is 2.86 bits per heavy atom. The van der Waals surface area contributed by atoms with Crippen molar-refractivity contribution in [3.8, 4) is 0 Å². The Morgan fingerprint density at radius 2 is 2.14 bits per heavy atom. The summed E-state index contributed by atoms with van der Waals surface area (Å²) in [6.07, 6.45) is 2.24. The molecule has 2 atom stereocenters. The first-order chi connectivity index (χ1) is 9.99. The normalized spacial score (nSPS) is 21.0. The minimum atomic E-state index is -0.833. The summed E-state index contributed by atoms with van der Waals surface area (Å²) >= 11 is 5.62. The molecule has 7 heteroatoms. The fourth-order valence-corrected chi connectivity index (χ4v) is 2.77. The van der Waals surface area contributed by atoms with E-state index in [1.807, 2.05) is 0 Å². The Kier molecular flexibility index (Phi) is 5.01. The van der Waals surface area contributed by atoms with Gasteiger partial charge in [0.15, 0.2) is 5.82 Å². The highest BCUT2D eigenvalue weighted by molar-refractivity contribution is 6.31. The quantitative estimate of drug-likeness (QED) is 0.799. The molecule has 2 unspecified atom stereocenters. The third-order valence-corrected chi connectivity index (χ3v) is 3.99. The summed E-state index contributed by atoms with van der Waals surface area (Å²) in [4.78, 5) is 22.8. The molecule has 1 aromatic rings. The van der Waals surface area contributed by atoms with E-state index < -0.39 is 23.7 Å². The van der Waals surface area contributed by atoms with Crippen molar-refractivity contribution in [3.63, 3.8) is 0 Å². The van der Waals surface area contributed by atoms with E-state index in [-0.39, 0.29) is 23.2 Å². The van der Waals surface area contributed by atoms with Crippen molar-refractivity contribution in [1.29, 1.82) is 0 Å². The van der Waals surface area contributed by atoms with Crippen LogP contribution < -0.4 is 10.6 Å². The number of amides is 2. The van der Waals surface area contributed by atoms with Gasteiger partial charge in [0.2, 0.25) is 0 Å². The fraction of sp³-hybridized carbons (Fsp3) is 0.429. The van der Waals surface area contributed by atoms with Crippen LogP contribution in [0.1, 0.15) is 19.3 Å². The van der Waals surface area contributed by atoms with Crippen LogP contribution in [0.5, 0.6) is 0 Å². The summed E-state index contributed by atoms with van der Waals surface area (Å²) in [7, 11) is 0. The third-order valence-electron chi connectivity index (χ3n) is 3.70. The zero-order valence-electron chi connectivity index (χ0n) is 11.2. The van der Waals surface area contributed by atoms with Gasteiger partial charge in [0, 0.05) is 6.54 Å². The first-order valence-corrected chi connectivity index (χ1v) is 7.08. The number of anilines is 1. The van der Waals surface area contributed by atoms with Gasteiger partial charge in [0.05, 0.1) is 16.6 Å². The number of carboxylic acids is 1. The van der Waals surface area contributed by atoms with Gasteiger partial charge < -0.3 is 15.7 Å². The van der Waals surface area contributed by atoms with E-state index in [0.29, 0.717) is 6.42 Å². The van der Waals surface area contributed by atoms with E-state index in [1.165, 1.54) is 18.2 Å². The number of rotatable bonds is 4. The lowest BCUT2D eigenvalue weighted by atomic mass is 9.96. The van der Waals surface area contributed by atoms with Gasteiger partial charge in [-0.15, -0.1) is 0 Å². The van der Waals surface area contributed by atoms with Crippen LogP contribution in [0.3, 0.4) is 0 Å². The van der Waals surface area contributed by atoms with Crippen LogP contribution in [0.2, 0.25) is 5.02 Å². The molecule has 1 fully saturated rings. The molecule has 114 valence electrons. The number of halogens is 2. The average Bonchev–Trinajstić information content (AvgIpc) is 2.90. The molecule has 5 nitrogen and oxygen atoms in total. The maximum absolute atomic E-state index is 13.6. The standard InChI is InChI=1S/C14H16ClFN2O3/c15-10-5-2-6-11(12(10)16)18-14(21)17-7-8-3-1-4-9(8)13(19)20/h2,5-6,8-9H,1,3-4,7H2,(H,19,20)(H2,17,18,21). The molecule has 0 saturated heterocycles. The van der Waals surface area contributed by atoms with Gasteiger partial charge in [-0.1, -0.05) is 24.1 Å². The van der Waals surface area contributed by atoms with Crippen LogP contribution in [-0.2, 0) is 4.79 Å². The minimum Gasteiger partial charge on any atom is -0.481 e. The summed E-state index contributed by atoms with van der Waals surface area (Å²) in [5.74, 6) is -2.04. The molecule has 2 rings (SSSR count). The molecule has 1 saturated carbocycles. The van der Waals surface area contributed by atoms with Gasteiger partial charge in [-0.3, -0.25) is 4.79 Å². The lowest BCUT2D eigenvalue weighted by Crippen LogP contribution is -2.35. The molecular weight excluding hydrogens is 299 g/mol. The van der Waals surface area contributed by atoms with Crippen LogP contribution in [0.15, 0.2) is 18.2 Å². The van der Waals surface area contributed by atoms with Crippen molar-refractivity contribution < 1.29 is 19.1 Å². The third kappa shape index (κ3) is 3.85. The van der Waals surface area contributed by atoms with Crippen molar-refractivity contribution in [2.24, 2.45) is 11.8 Å². The van der Waals surface area contributed by atoms with Crippen LogP contribution in [0.25, 0.3) is 0 Å². The Morgan fingerprint density at radius 1 is 1.38 bits per heavy atom. The number of carbonyl (C=O) groups is 2. The smallest absolute Gasteiger partial charge is 0.319 e. The minimum absolute atomic E-state index is 0.0128. The van der Waals surface area contributed by atoms with Gasteiger partial charge in [-0.25, -0.2) is 9.18 Å². The molecule has 0 radical (unpaired) electrons. The Balaban J connectivity index is 1.88. The molecule has 0 heterocycles. The summed E-state index contributed by atoms with van der Waals surface area (Å²) in [6.45, 7) is 0.255. The van der Waals surface area contributed by atoms with Crippen LogP contribution in [-0.4, -0.2) is 23.7 Å². The first kappa shape index (κ1) is 15.6. The number of benzene rings is 1. The monoisotopic (exact) mass is 314 g/mol. The number of aliphatic carboxylic acids is 1. The van der Waals surface area contributed by atoms with Gasteiger partial charge in [-0.2, -0.15) is 0 Å². The topological polar surface area (TPSA) is 78.4 Å². The highest BCUT2D eigenvalue weighted by atomic mass is 35.5. The molecule has 0 aliphatic heterocycles. The summed E-state index contributed by atoms with van der Waals surface area (Å²) in [6, 6.07) is 3.73. The molecule has 1 aliphatic rings. The molecule has 1 aliphatic carbocycles. The zero-order chi connectivity index (χ0) is 15.4. The molecule has 0 aromatic heterocycles. The number of carbonyl (C=O) groups excluding carboxylic acids is 1. The maximum atomic E-state index is 13.6. The van der Waals surface area contributed by atoms with Crippen molar-refractivity contribution in [1.82, 2.24) is 5.32 Å². The molecular formula is C14H16ClFN2O3. The lowest BCUT2D eigenvalue weighted by Gasteiger charge is -2.16. The molecule has 0 bridgehead atoms. The van der Waals surface area contributed by atoms with E-state index in [2.05, 4.69) is 10.6 Å². The average molecular weight is 315 g/mol. The lowest BCUT2D eigenvalue weighted by molar-refractivity contribution is -0.142. The van der Waals surface area contributed by atoms with Gasteiger partial charge in [0.1, 0.15) is 0 Å². The van der Waals surface area contributed by atoms with Gasteiger partial charge in [-0.05, 0) is 30.9 Å². The summed E-state index contributed by atoms with van der Waals surface area (Å²) in [5, 5.41) is 13.9. The van der Waals surface area contributed by atoms with E-state index in [9.17, 15) is 14.0 Å². The van der Waals surface area contributed by atoms with E-state index >= 15 is 0 Å². The summed E-state index contributed by atoms with van der Waals surface area (Å²) < 4.78 is 13.6. The highest BCUT2D eigenvalue weighted by Crippen LogP contribution is 2.31. The van der Waals surface area contributed by atoms with E-state index in [4.69, 9.17) is 16.7 Å². The molecule has 21 heavy (non-hydrogen) atoms. The van der Waals surface area contributed by atoms with Crippen LogP contribution in [0.4, 0.5) is 14.9 Å². The number of hydrogen-bond donors (Lipinski definition) is 3. The van der Waals surface area contributed by atoms with Crippen molar-refractivity contribution in [3.05, 3.63) is 29.0 Å². The Labute approximate surface area is 126 Å². The maximum Gasteiger partial charge on any atom is 0.319 e. The number of nitrogens with one attached hydrogen (secondary N) is 2. The SMILES string of the molecule is O=C(NCC1CCCC1C(=O)O)Nc1cccc(Cl)c1F. The highest BCUT2D eigenvalue weighted by Gasteiger charge is 2.32. The van der Waals surface area contributed by atoms with Crippen molar-refractivity contribution in [2.75, 3.05) is 11.9 Å². The predicted molar refractivity (Wildman–Crippen MR) is 76.9 cm³/mol. The largest absolute Gasteiger partial charge is 0.481 e. The predicted octanol–water partition coefficient (Wildman–Crippen LogP) is 3.10. The Bertz CT molecular complexity index is 553. The van der Waals surface area contributed by atoms with Crippen LogP contribution in [0, 0.1) is 17.7 Å². The molecule has 1 aromatic carbocycles. The van der Waals surface area contributed by atoms with Crippen LogP contribution >= 0.6 is 11.6 Å². The van der Waals surface area contributed by atoms with Crippen molar-refractivity contribution in [2.45, 2.75) is 19.3 Å². The fourth-order valence-electron chi connectivity index (χ4n) is 2.60. The van der Waals surface area contributed by atoms with Gasteiger partial charge >= 0.3 is 12.0 Å².